The lowest BCUT2D eigenvalue weighted by molar-refractivity contribution is -0.384. The molecule has 1 aromatic rings. The van der Waals surface area contributed by atoms with Gasteiger partial charge in [0, 0.05) is 53.6 Å². The van der Waals surface area contributed by atoms with E-state index in [1.165, 1.54) is 18.2 Å². The smallest absolute Gasteiger partial charge is 0.328 e. The van der Waals surface area contributed by atoms with E-state index in [2.05, 4.69) is 11.8 Å². The molecule has 2 rings (SSSR count). The van der Waals surface area contributed by atoms with Gasteiger partial charge in [0.2, 0.25) is 0 Å². The molecule has 1 fully saturated rings. The minimum Gasteiger partial charge on any atom is -0.478 e. The molecule has 6 nitrogen and oxygen atoms in total. The van der Waals surface area contributed by atoms with Gasteiger partial charge in [0.1, 0.15) is 0 Å². The molecule has 0 amide bonds. The summed E-state index contributed by atoms with van der Waals surface area (Å²) in [5, 5.41) is 20.1. The minimum absolute atomic E-state index is 0.0387. The number of thioether (sulfide) groups is 1. The molecule has 1 atom stereocenters. The van der Waals surface area contributed by atoms with Crippen LogP contribution in [0.1, 0.15) is 12.5 Å². The van der Waals surface area contributed by atoms with Crippen LogP contribution in [0, 0.1) is 10.1 Å². The van der Waals surface area contributed by atoms with Gasteiger partial charge in [-0.15, -0.1) is 0 Å². The maximum Gasteiger partial charge on any atom is 0.328 e. The quantitative estimate of drug-likeness (QED) is 0.523. The standard InChI is InChI=1S/C14H16N2O4S/c1-10-9-15(6-7-21-10)13-4-3-12(16(19)20)8-11(13)2-5-14(17)18/h2-5,8,10H,6-7,9H2,1H3,(H,17,18)/b5-2+. The third-order valence-electron chi connectivity index (χ3n) is 3.21. The van der Waals surface area contributed by atoms with Gasteiger partial charge in [-0.2, -0.15) is 11.8 Å². The molecule has 0 radical (unpaired) electrons. The van der Waals surface area contributed by atoms with Crippen molar-refractivity contribution >= 4 is 35.2 Å². The Morgan fingerprint density at radius 1 is 1.57 bits per heavy atom. The van der Waals surface area contributed by atoms with Gasteiger partial charge in [-0.1, -0.05) is 6.92 Å². The Labute approximate surface area is 126 Å². The summed E-state index contributed by atoms with van der Waals surface area (Å²) in [6.45, 7) is 3.83. The van der Waals surface area contributed by atoms with Gasteiger partial charge in [0.15, 0.2) is 0 Å². The normalized spacial score (nSPS) is 18.9. The topological polar surface area (TPSA) is 83.7 Å². The first-order valence-corrected chi connectivity index (χ1v) is 7.58. The Kier molecular flexibility index (Phi) is 4.85. The van der Waals surface area contributed by atoms with Crippen LogP contribution in [0.4, 0.5) is 11.4 Å². The third kappa shape index (κ3) is 3.98. The van der Waals surface area contributed by atoms with Crippen molar-refractivity contribution < 1.29 is 14.8 Å². The summed E-state index contributed by atoms with van der Waals surface area (Å²) in [6.07, 6.45) is 2.42. The Morgan fingerprint density at radius 3 is 2.95 bits per heavy atom. The second-order valence-corrected chi connectivity index (χ2v) is 6.35. The monoisotopic (exact) mass is 308 g/mol. The molecule has 1 saturated heterocycles. The van der Waals surface area contributed by atoms with Crippen molar-refractivity contribution in [2.24, 2.45) is 0 Å². The first kappa shape index (κ1) is 15.4. The lowest BCUT2D eigenvalue weighted by atomic mass is 10.1. The lowest BCUT2D eigenvalue weighted by Crippen LogP contribution is -2.37. The first-order valence-electron chi connectivity index (χ1n) is 6.53. The van der Waals surface area contributed by atoms with E-state index in [0.717, 1.165) is 30.6 Å². The summed E-state index contributed by atoms with van der Waals surface area (Å²) in [6, 6.07) is 4.57. The number of aliphatic carboxylic acids is 1. The number of nitrogens with zero attached hydrogens (tertiary/aromatic N) is 2. The highest BCUT2D eigenvalue weighted by Crippen LogP contribution is 2.30. The van der Waals surface area contributed by atoms with Gasteiger partial charge in [-0.25, -0.2) is 4.79 Å². The van der Waals surface area contributed by atoms with Gasteiger partial charge in [0.25, 0.3) is 5.69 Å². The van der Waals surface area contributed by atoms with Gasteiger partial charge in [-0.3, -0.25) is 10.1 Å². The van der Waals surface area contributed by atoms with Crippen LogP contribution in [0.2, 0.25) is 0 Å². The van der Waals surface area contributed by atoms with Gasteiger partial charge in [-0.05, 0) is 12.1 Å². The number of benzene rings is 1. The van der Waals surface area contributed by atoms with E-state index >= 15 is 0 Å². The maximum atomic E-state index is 10.9. The van der Waals surface area contributed by atoms with E-state index < -0.39 is 10.9 Å². The van der Waals surface area contributed by atoms with E-state index in [1.54, 1.807) is 6.07 Å². The number of carboxylic acid groups (broad SMARTS) is 1. The third-order valence-corrected chi connectivity index (χ3v) is 4.35. The highest BCUT2D eigenvalue weighted by atomic mass is 32.2. The van der Waals surface area contributed by atoms with Crippen LogP contribution >= 0.6 is 11.8 Å². The Morgan fingerprint density at radius 2 is 2.33 bits per heavy atom. The fraction of sp³-hybridized carbons (Fsp3) is 0.357. The van der Waals surface area contributed by atoms with Crippen LogP contribution in [0.15, 0.2) is 24.3 Å². The first-order chi connectivity index (χ1) is 9.97. The highest BCUT2D eigenvalue weighted by molar-refractivity contribution is 8.00. The van der Waals surface area contributed by atoms with Crippen molar-refractivity contribution in [3.63, 3.8) is 0 Å². The van der Waals surface area contributed by atoms with Crippen molar-refractivity contribution in [2.75, 3.05) is 23.7 Å². The summed E-state index contributed by atoms with van der Waals surface area (Å²) >= 11 is 1.89. The van der Waals surface area contributed by atoms with Crippen molar-refractivity contribution in [1.29, 1.82) is 0 Å². The molecule has 0 aliphatic carbocycles. The van der Waals surface area contributed by atoms with Crippen molar-refractivity contribution in [3.05, 3.63) is 40.0 Å². The van der Waals surface area contributed by atoms with Crippen LogP contribution in [0.25, 0.3) is 6.08 Å². The van der Waals surface area contributed by atoms with Crippen LogP contribution in [-0.4, -0.2) is 40.1 Å². The van der Waals surface area contributed by atoms with Crippen molar-refractivity contribution in [3.8, 4) is 0 Å². The maximum absolute atomic E-state index is 10.9. The molecule has 21 heavy (non-hydrogen) atoms. The molecule has 1 heterocycles. The highest BCUT2D eigenvalue weighted by Gasteiger charge is 2.20. The molecular weight excluding hydrogens is 292 g/mol. The van der Waals surface area contributed by atoms with E-state index in [-0.39, 0.29) is 5.69 Å². The summed E-state index contributed by atoms with van der Waals surface area (Å²) in [4.78, 5) is 23.2. The second-order valence-electron chi connectivity index (χ2n) is 4.80. The van der Waals surface area contributed by atoms with Crippen LogP contribution in [-0.2, 0) is 4.79 Å². The molecule has 0 saturated carbocycles. The average molecular weight is 308 g/mol. The minimum atomic E-state index is -1.07. The van der Waals surface area contributed by atoms with E-state index in [9.17, 15) is 14.9 Å². The molecule has 112 valence electrons. The fourth-order valence-electron chi connectivity index (χ4n) is 2.28. The number of nitro benzene ring substituents is 1. The van der Waals surface area contributed by atoms with Crippen LogP contribution in [0.3, 0.4) is 0 Å². The number of carboxylic acids is 1. The number of hydrogen-bond donors (Lipinski definition) is 1. The SMILES string of the molecule is CC1CN(c2ccc([N+](=O)[O-])cc2/C=C/C(=O)O)CCS1. The van der Waals surface area contributed by atoms with Gasteiger partial charge in [0.05, 0.1) is 4.92 Å². The van der Waals surface area contributed by atoms with E-state index in [4.69, 9.17) is 5.11 Å². The molecule has 0 aromatic heterocycles. The largest absolute Gasteiger partial charge is 0.478 e. The fourth-order valence-corrected chi connectivity index (χ4v) is 3.29. The molecule has 7 heteroatoms. The van der Waals surface area contributed by atoms with Gasteiger partial charge < -0.3 is 10.0 Å². The predicted molar refractivity (Wildman–Crippen MR) is 83.9 cm³/mol. The molecule has 1 aromatic carbocycles. The number of carbonyl (C=O) groups is 1. The average Bonchev–Trinajstić information content (AvgIpc) is 2.44. The molecule has 1 N–H and O–H groups in total. The van der Waals surface area contributed by atoms with Gasteiger partial charge >= 0.3 is 5.97 Å². The molecule has 0 bridgehead atoms. The van der Waals surface area contributed by atoms with E-state index in [1.807, 2.05) is 11.8 Å². The summed E-state index contributed by atoms with van der Waals surface area (Å²) in [5.41, 5.74) is 1.36. The van der Waals surface area contributed by atoms with Crippen LogP contribution < -0.4 is 4.90 Å². The number of nitro groups is 1. The summed E-state index contributed by atoms with van der Waals surface area (Å²) < 4.78 is 0. The number of hydrogen-bond acceptors (Lipinski definition) is 5. The zero-order valence-corrected chi connectivity index (χ0v) is 12.4. The molecule has 1 aliphatic rings. The summed E-state index contributed by atoms with van der Waals surface area (Å²) in [7, 11) is 0. The molecule has 1 unspecified atom stereocenters. The zero-order chi connectivity index (χ0) is 15.4. The molecule has 1 aliphatic heterocycles. The zero-order valence-electron chi connectivity index (χ0n) is 11.6. The van der Waals surface area contributed by atoms with Crippen molar-refractivity contribution in [1.82, 2.24) is 0 Å². The second kappa shape index (κ2) is 6.62. The Hall–Kier alpha value is -2.02. The number of non-ortho nitro benzene ring substituents is 1. The summed E-state index contributed by atoms with van der Waals surface area (Å²) in [5.74, 6) is -0.0877. The van der Waals surface area contributed by atoms with Crippen LogP contribution in [0.5, 0.6) is 0 Å². The number of anilines is 1. The number of rotatable bonds is 4. The van der Waals surface area contributed by atoms with Crippen molar-refractivity contribution in [2.45, 2.75) is 12.2 Å². The molecule has 0 spiro atoms. The Bertz CT molecular complexity index is 588. The molecular formula is C14H16N2O4S. The lowest BCUT2D eigenvalue weighted by Gasteiger charge is -2.33. The van der Waals surface area contributed by atoms with E-state index in [0.29, 0.717) is 10.8 Å². The Balaban J connectivity index is 2.38. The predicted octanol–water partition coefficient (Wildman–Crippen LogP) is 2.63.